The molecule has 0 saturated carbocycles. The molecule has 1 N–H and O–H groups in total. The van der Waals surface area contributed by atoms with E-state index < -0.39 is 0 Å². The Morgan fingerprint density at radius 3 is 2.40 bits per heavy atom. The fraction of sp³-hybridized carbons (Fsp3) is 0.391. The zero-order valence-electron chi connectivity index (χ0n) is 16.0. The van der Waals surface area contributed by atoms with Crippen molar-refractivity contribution in [1.82, 2.24) is 0 Å². The molecular formula is C23H29NO. The number of hydrogen-bond acceptors (Lipinski definition) is 2. The van der Waals surface area contributed by atoms with Gasteiger partial charge in [0.25, 0.3) is 0 Å². The maximum atomic E-state index is 6.12. The standard InChI is InChI=1S/C23H29NO/c1-6-23(5)14-13-18-15-20(11-12-21(18)25-23)24-16-17-7-9-19(10-8-17)22(2,3)4/h7-15,24H,6,16H2,1-5H3. The molecule has 1 aliphatic rings. The van der Waals surface area contributed by atoms with Crippen LogP contribution in [0, 0.1) is 0 Å². The first-order chi connectivity index (χ1) is 11.8. The summed E-state index contributed by atoms with van der Waals surface area (Å²) in [4.78, 5) is 0. The second-order valence-electron chi connectivity index (χ2n) is 8.15. The van der Waals surface area contributed by atoms with E-state index in [1.807, 2.05) is 0 Å². The lowest BCUT2D eigenvalue weighted by Gasteiger charge is -2.30. The molecule has 0 saturated heterocycles. The van der Waals surface area contributed by atoms with Crippen LogP contribution in [0.4, 0.5) is 5.69 Å². The van der Waals surface area contributed by atoms with Gasteiger partial charge in [0.1, 0.15) is 11.4 Å². The largest absolute Gasteiger partial charge is 0.483 e. The Morgan fingerprint density at radius 1 is 1.04 bits per heavy atom. The summed E-state index contributed by atoms with van der Waals surface area (Å²) in [5, 5.41) is 3.51. The highest BCUT2D eigenvalue weighted by Crippen LogP contribution is 2.34. The minimum absolute atomic E-state index is 0.184. The molecule has 0 radical (unpaired) electrons. The number of anilines is 1. The van der Waals surface area contributed by atoms with Crippen molar-refractivity contribution in [2.24, 2.45) is 0 Å². The molecule has 0 bridgehead atoms. The van der Waals surface area contributed by atoms with E-state index in [4.69, 9.17) is 4.74 Å². The topological polar surface area (TPSA) is 21.3 Å². The number of fused-ring (bicyclic) bond motifs is 1. The summed E-state index contributed by atoms with van der Waals surface area (Å²) in [6, 6.07) is 15.2. The fourth-order valence-corrected chi connectivity index (χ4v) is 2.95. The molecule has 2 aromatic rings. The molecular weight excluding hydrogens is 306 g/mol. The van der Waals surface area contributed by atoms with Gasteiger partial charge in [0.15, 0.2) is 0 Å². The third-order valence-electron chi connectivity index (χ3n) is 4.99. The fourth-order valence-electron chi connectivity index (χ4n) is 2.95. The monoisotopic (exact) mass is 335 g/mol. The minimum atomic E-state index is -0.184. The minimum Gasteiger partial charge on any atom is -0.483 e. The Balaban J connectivity index is 1.67. The molecule has 2 nitrogen and oxygen atoms in total. The molecule has 1 heterocycles. The molecule has 2 aromatic carbocycles. The molecule has 3 rings (SSSR count). The molecule has 0 spiro atoms. The van der Waals surface area contributed by atoms with Crippen LogP contribution in [0.15, 0.2) is 48.5 Å². The van der Waals surface area contributed by atoms with Crippen molar-refractivity contribution in [3.8, 4) is 5.75 Å². The van der Waals surface area contributed by atoms with Crippen LogP contribution in [-0.4, -0.2) is 5.60 Å². The first-order valence-electron chi connectivity index (χ1n) is 9.15. The molecule has 1 atom stereocenters. The summed E-state index contributed by atoms with van der Waals surface area (Å²) >= 11 is 0. The molecule has 0 fully saturated rings. The van der Waals surface area contributed by atoms with E-state index in [-0.39, 0.29) is 11.0 Å². The normalized spacial score (nSPS) is 19.2. The van der Waals surface area contributed by atoms with Crippen molar-refractivity contribution >= 4 is 11.8 Å². The predicted octanol–water partition coefficient (Wildman–Crippen LogP) is 6.17. The van der Waals surface area contributed by atoms with E-state index >= 15 is 0 Å². The van der Waals surface area contributed by atoms with E-state index in [0.717, 1.165) is 30.0 Å². The van der Waals surface area contributed by atoms with Crippen LogP contribution in [0.5, 0.6) is 5.75 Å². The first-order valence-corrected chi connectivity index (χ1v) is 9.15. The van der Waals surface area contributed by atoms with E-state index in [1.54, 1.807) is 0 Å². The molecule has 25 heavy (non-hydrogen) atoms. The van der Waals surface area contributed by atoms with Gasteiger partial charge in [-0.1, -0.05) is 58.0 Å². The summed E-state index contributed by atoms with van der Waals surface area (Å²) in [5.41, 5.74) is 4.92. The van der Waals surface area contributed by atoms with E-state index in [9.17, 15) is 0 Å². The molecule has 0 aliphatic carbocycles. The van der Waals surface area contributed by atoms with Crippen molar-refractivity contribution in [1.29, 1.82) is 0 Å². The SMILES string of the molecule is CCC1(C)C=Cc2cc(NCc3ccc(C(C)(C)C)cc3)ccc2O1. The van der Waals surface area contributed by atoms with E-state index in [2.05, 4.69) is 94.6 Å². The highest BCUT2D eigenvalue weighted by atomic mass is 16.5. The Morgan fingerprint density at radius 2 is 1.76 bits per heavy atom. The molecule has 132 valence electrons. The van der Waals surface area contributed by atoms with Crippen molar-refractivity contribution < 1.29 is 4.74 Å². The van der Waals surface area contributed by atoms with Crippen LogP contribution in [0.1, 0.15) is 57.7 Å². The molecule has 0 amide bonds. The smallest absolute Gasteiger partial charge is 0.127 e. The summed E-state index contributed by atoms with van der Waals surface area (Å²) in [5.74, 6) is 0.965. The average molecular weight is 335 g/mol. The molecule has 1 unspecified atom stereocenters. The Labute approximate surface area is 151 Å². The third kappa shape index (κ3) is 4.07. The third-order valence-corrected chi connectivity index (χ3v) is 4.99. The lowest BCUT2D eigenvalue weighted by Crippen LogP contribution is -2.30. The number of benzene rings is 2. The van der Waals surface area contributed by atoms with Gasteiger partial charge in [0, 0.05) is 17.8 Å². The van der Waals surface area contributed by atoms with Crippen LogP contribution < -0.4 is 10.1 Å². The second-order valence-corrected chi connectivity index (χ2v) is 8.15. The average Bonchev–Trinajstić information content (AvgIpc) is 2.59. The van der Waals surface area contributed by atoms with Gasteiger partial charge >= 0.3 is 0 Å². The molecule has 1 aliphatic heterocycles. The van der Waals surface area contributed by atoms with Crippen LogP contribution in [-0.2, 0) is 12.0 Å². The number of hydrogen-bond donors (Lipinski definition) is 1. The highest BCUT2D eigenvalue weighted by molar-refractivity contribution is 5.66. The Hall–Kier alpha value is -2.22. The zero-order chi connectivity index (χ0) is 18.1. The van der Waals surface area contributed by atoms with E-state index in [0.29, 0.717) is 0 Å². The van der Waals surface area contributed by atoms with Gasteiger partial charge in [0.05, 0.1) is 0 Å². The van der Waals surface area contributed by atoms with Crippen molar-refractivity contribution in [2.45, 2.75) is 58.6 Å². The highest BCUT2D eigenvalue weighted by Gasteiger charge is 2.25. The Bertz CT molecular complexity index is 768. The van der Waals surface area contributed by atoms with Gasteiger partial charge in [-0.05, 0) is 54.2 Å². The van der Waals surface area contributed by atoms with Crippen molar-refractivity contribution in [2.75, 3.05) is 5.32 Å². The quantitative estimate of drug-likeness (QED) is 0.721. The number of rotatable bonds is 4. The zero-order valence-corrected chi connectivity index (χ0v) is 16.0. The second kappa shape index (κ2) is 6.59. The lowest BCUT2D eigenvalue weighted by molar-refractivity contribution is 0.133. The summed E-state index contributed by atoms with van der Waals surface area (Å²) in [7, 11) is 0. The predicted molar refractivity (Wildman–Crippen MR) is 107 cm³/mol. The molecule has 2 heteroatoms. The molecule has 0 aromatic heterocycles. The maximum absolute atomic E-state index is 6.12. The van der Waals surface area contributed by atoms with Crippen LogP contribution in [0.2, 0.25) is 0 Å². The van der Waals surface area contributed by atoms with E-state index in [1.165, 1.54) is 11.1 Å². The summed E-state index contributed by atoms with van der Waals surface area (Å²) in [6.07, 6.45) is 5.30. The summed E-state index contributed by atoms with van der Waals surface area (Å²) < 4.78 is 6.12. The lowest BCUT2D eigenvalue weighted by atomic mass is 9.87. The van der Waals surface area contributed by atoms with Crippen LogP contribution in [0.3, 0.4) is 0 Å². The first kappa shape index (κ1) is 17.6. The van der Waals surface area contributed by atoms with Gasteiger partial charge in [-0.15, -0.1) is 0 Å². The number of ether oxygens (including phenoxy) is 1. The summed E-state index contributed by atoms with van der Waals surface area (Å²) in [6.45, 7) is 11.8. The van der Waals surface area contributed by atoms with Gasteiger partial charge < -0.3 is 10.1 Å². The van der Waals surface area contributed by atoms with Crippen LogP contribution >= 0.6 is 0 Å². The van der Waals surface area contributed by atoms with Crippen molar-refractivity contribution in [3.05, 3.63) is 65.2 Å². The number of nitrogens with one attached hydrogen (secondary N) is 1. The van der Waals surface area contributed by atoms with Gasteiger partial charge in [0.2, 0.25) is 0 Å². The van der Waals surface area contributed by atoms with Crippen molar-refractivity contribution in [3.63, 3.8) is 0 Å². The van der Waals surface area contributed by atoms with Gasteiger partial charge in [-0.3, -0.25) is 0 Å². The van der Waals surface area contributed by atoms with Crippen LogP contribution in [0.25, 0.3) is 6.08 Å². The maximum Gasteiger partial charge on any atom is 0.127 e. The van der Waals surface area contributed by atoms with Gasteiger partial charge in [-0.25, -0.2) is 0 Å². The van der Waals surface area contributed by atoms with Gasteiger partial charge in [-0.2, -0.15) is 0 Å². The Kier molecular flexibility index (Phi) is 4.64.